The van der Waals surface area contributed by atoms with Gasteiger partial charge in [-0.15, -0.1) is 0 Å². The Labute approximate surface area is 128 Å². The quantitative estimate of drug-likeness (QED) is 0.801. The number of likely N-dealkylation sites (N-methyl/N-ethyl adjacent to an activating group) is 1. The first-order valence-electron chi connectivity index (χ1n) is 7.64. The molecule has 0 heterocycles. The number of amides is 1. The first-order valence-corrected chi connectivity index (χ1v) is 7.64. The molecule has 0 unspecified atom stereocenters. The van der Waals surface area contributed by atoms with Crippen molar-refractivity contribution in [3.05, 3.63) is 29.8 Å². The van der Waals surface area contributed by atoms with Crippen LogP contribution in [0.1, 0.15) is 32.3 Å². The van der Waals surface area contributed by atoms with Crippen molar-refractivity contribution in [3.8, 4) is 5.75 Å². The average molecular weight is 292 g/mol. The van der Waals surface area contributed by atoms with Crippen molar-refractivity contribution < 1.29 is 9.53 Å². The van der Waals surface area contributed by atoms with Crippen molar-refractivity contribution in [2.75, 3.05) is 26.7 Å². The molecule has 2 N–H and O–H groups in total. The van der Waals surface area contributed by atoms with Gasteiger partial charge in [-0.2, -0.15) is 0 Å². The highest BCUT2D eigenvalue weighted by atomic mass is 16.5. The largest absolute Gasteiger partial charge is 0.492 e. The third-order valence-corrected chi connectivity index (χ3v) is 4.23. The Kier molecular flexibility index (Phi) is 6.69. The molecule has 0 saturated carbocycles. The molecule has 1 aromatic rings. The van der Waals surface area contributed by atoms with Gasteiger partial charge in [-0.25, -0.2) is 0 Å². The molecule has 0 saturated heterocycles. The number of hydrogen-bond donors (Lipinski definition) is 1. The second kappa shape index (κ2) is 8.03. The van der Waals surface area contributed by atoms with Crippen molar-refractivity contribution in [3.63, 3.8) is 0 Å². The SMILES string of the molecule is CCC(CC)(CN)C(=O)N(C)CCOc1cccc(C)c1. The van der Waals surface area contributed by atoms with Crippen LogP contribution in [-0.4, -0.2) is 37.6 Å². The number of nitrogens with zero attached hydrogens (tertiary/aromatic N) is 1. The number of nitrogens with two attached hydrogens (primary N) is 1. The van der Waals surface area contributed by atoms with Crippen molar-refractivity contribution in [2.45, 2.75) is 33.6 Å². The molecule has 0 aliphatic heterocycles. The molecule has 0 atom stereocenters. The normalized spacial score (nSPS) is 11.3. The van der Waals surface area contributed by atoms with Crippen LogP contribution in [0, 0.1) is 12.3 Å². The summed E-state index contributed by atoms with van der Waals surface area (Å²) in [6.45, 7) is 7.51. The highest BCUT2D eigenvalue weighted by molar-refractivity contribution is 5.82. The van der Waals surface area contributed by atoms with Gasteiger partial charge in [0.25, 0.3) is 0 Å². The lowest BCUT2D eigenvalue weighted by atomic mass is 9.81. The molecule has 0 aliphatic rings. The average Bonchev–Trinajstić information content (AvgIpc) is 2.49. The molecular formula is C17H28N2O2. The Bertz CT molecular complexity index is 448. The Morgan fingerprint density at radius 1 is 1.33 bits per heavy atom. The van der Waals surface area contributed by atoms with E-state index in [4.69, 9.17) is 10.5 Å². The number of aryl methyl sites for hydroxylation is 1. The summed E-state index contributed by atoms with van der Waals surface area (Å²) in [6, 6.07) is 7.91. The maximum atomic E-state index is 12.5. The monoisotopic (exact) mass is 292 g/mol. The van der Waals surface area contributed by atoms with Crippen LogP contribution in [0.25, 0.3) is 0 Å². The topological polar surface area (TPSA) is 55.6 Å². The number of rotatable bonds is 8. The highest BCUT2D eigenvalue weighted by Gasteiger charge is 2.35. The van der Waals surface area contributed by atoms with E-state index in [1.54, 1.807) is 4.90 Å². The van der Waals surface area contributed by atoms with Gasteiger partial charge in [0.05, 0.1) is 12.0 Å². The number of hydrogen-bond acceptors (Lipinski definition) is 3. The second-order valence-corrected chi connectivity index (χ2v) is 5.58. The Balaban J connectivity index is 2.53. The molecule has 21 heavy (non-hydrogen) atoms. The fourth-order valence-corrected chi connectivity index (χ4v) is 2.44. The van der Waals surface area contributed by atoms with Crippen LogP contribution in [0.5, 0.6) is 5.75 Å². The van der Waals surface area contributed by atoms with Gasteiger partial charge in [0.2, 0.25) is 5.91 Å². The minimum atomic E-state index is -0.432. The Morgan fingerprint density at radius 3 is 2.52 bits per heavy atom. The molecule has 0 aromatic heterocycles. The van der Waals surface area contributed by atoms with E-state index in [2.05, 4.69) is 0 Å². The summed E-state index contributed by atoms with van der Waals surface area (Å²) in [5.74, 6) is 0.953. The fraction of sp³-hybridized carbons (Fsp3) is 0.588. The molecule has 4 heteroatoms. The van der Waals surface area contributed by atoms with E-state index in [1.165, 1.54) is 0 Å². The van der Waals surface area contributed by atoms with Crippen molar-refractivity contribution in [1.82, 2.24) is 4.90 Å². The van der Waals surface area contributed by atoms with Crippen LogP contribution in [0.3, 0.4) is 0 Å². The standard InChI is InChI=1S/C17H28N2O2/c1-5-17(6-2,13-18)16(20)19(4)10-11-21-15-9-7-8-14(3)12-15/h7-9,12H,5-6,10-11,13,18H2,1-4H3. The minimum Gasteiger partial charge on any atom is -0.492 e. The molecule has 0 aliphatic carbocycles. The van der Waals surface area contributed by atoms with E-state index in [-0.39, 0.29) is 5.91 Å². The van der Waals surface area contributed by atoms with Crippen LogP contribution in [0.15, 0.2) is 24.3 Å². The summed E-state index contributed by atoms with van der Waals surface area (Å²) in [7, 11) is 1.82. The molecule has 1 amide bonds. The first kappa shape index (κ1) is 17.5. The van der Waals surface area contributed by atoms with E-state index in [1.807, 2.05) is 52.1 Å². The second-order valence-electron chi connectivity index (χ2n) is 5.58. The highest BCUT2D eigenvalue weighted by Crippen LogP contribution is 2.27. The Hall–Kier alpha value is -1.55. The van der Waals surface area contributed by atoms with Crippen LogP contribution < -0.4 is 10.5 Å². The lowest BCUT2D eigenvalue weighted by Gasteiger charge is -2.33. The maximum Gasteiger partial charge on any atom is 0.229 e. The smallest absolute Gasteiger partial charge is 0.229 e. The number of carbonyl (C=O) groups is 1. The predicted molar refractivity (Wildman–Crippen MR) is 86.4 cm³/mol. The zero-order valence-electron chi connectivity index (χ0n) is 13.7. The van der Waals surface area contributed by atoms with Gasteiger partial charge in [-0.1, -0.05) is 26.0 Å². The molecule has 0 fully saturated rings. The van der Waals surface area contributed by atoms with Gasteiger partial charge in [0.1, 0.15) is 12.4 Å². The van der Waals surface area contributed by atoms with Gasteiger partial charge >= 0.3 is 0 Å². The summed E-state index contributed by atoms with van der Waals surface area (Å²) in [5.41, 5.74) is 6.56. The van der Waals surface area contributed by atoms with E-state index in [0.29, 0.717) is 19.7 Å². The number of benzene rings is 1. The van der Waals surface area contributed by atoms with Gasteiger partial charge in [0.15, 0.2) is 0 Å². The molecule has 1 aromatic carbocycles. The van der Waals surface area contributed by atoms with Gasteiger partial charge < -0.3 is 15.4 Å². The van der Waals surface area contributed by atoms with Gasteiger partial charge in [0, 0.05) is 13.6 Å². The minimum absolute atomic E-state index is 0.114. The van der Waals surface area contributed by atoms with Crippen LogP contribution in [0.2, 0.25) is 0 Å². The summed E-state index contributed by atoms with van der Waals surface area (Å²) in [4.78, 5) is 14.3. The molecule has 0 radical (unpaired) electrons. The van der Waals surface area contributed by atoms with Crippen LogP contribution in [-0.2, 0) is 4.79 Å². The molecule has 0 bridgehead atoms. The van der Waals surface area contributed by atoms with Crippen LogP contribution >= 0.6 is 0 Å². The van der Waals surface area contributed by atoms with Gasteiger partial charge in [-0.3, -0.25) is 4.79 Å². The zero-order valence-corrected chi connectivity index (χ0v) is 13.7. The summed E-state index contributed by atoms with van der Waals surface area (Å²) < 4.78 is 5.70. The molecule has 118 valence electrons. The van der Waals surface area contributed by atoms with Gasteiger partial charge in [-0.05, 0) is 37.5 Å². The van der Waals surface area contributed by atoms with Crippen molar-refractivity contribution in [2.24, 2.45) is 11.1 Å². The van der Waals surface area contributed by atoms with E-state index in [9.17, 15) is 4.79 Å². The number of ether oxygens (including phenoxy) is 1. The lowest BCUT2D eigenvalue weighted by Crippen LogP contribution is -2.47. The molecular weight excluding hydrogens is 264 g/mol. The molecule has 4 nitrogen and oxygen atoms in total. The van der Waals surface area contributed by atoms with E-state index >= 15 is 0 Å². The molecule has 1 rings (SSSR count). The van der Waals surface area contributed by atoms with Crippen molar-refractivity contribution >= 4 is 5.91 Å². The summed E-state index contributed by atoms with van der Waals surface area (Å²) in [6.07, 6.45) is 1.53. The first-order chi connectivity index (χ1) is 9.99. The lowest BCUT2D eigenvalue weighted by molar-refractivity contribution is -0.141. The third-order valence-electron chi connectivity index (χ3n) is 4.23. The summed E-state index contributed by atoms with van der Waals surface area (Å²) >= 11 is 0. The molecule has 0 spiro atoms. The van der Waals surface area contributed by atoms with Crippen LogP contribution in [0.4, 0.5) is 0 Å². The van der Waals surface area contributed by atoms with Crippen molar-refractivity contribution in [1.29, 1.82) is 0 Å². The van der Waals surface area contributed by atoms with E-state index in [0.717, 1.165) is 24.2 Å². The Morgan fingerprint density at radius 2 is 2.00 bits per heavy atom. The zero-order chi connectivity index (χ0) is 15.9. The third kappa shape index (κ3) is 4.46. The predicted octanol–water partition coefficient (Wildman–Crippen LogP) is 2.60. The summed E-state index contributed by atoms with van der Waals surface area (Å²) in [5, 5.41) is 0. The van der Waals surface area contributed by atoms with E-state index < -0.39 is 5.41 Å². The fourth-order valence-electron chi connectivity index (χ4n) is 2.44. The maximum absolute atomic E-state index is 12.5. The number of carbonyl (C=O) groups excluding carboxylic acids is 1.